The number of fused-ring (bicyclic) bond motifs is 1. The summed E-state index contributed by atoms with van der Waals surface area (Å²) in [6.45, 7) is 0. The Morgan fingerprint density at radius 3 is 1.62 bits per heavy atom. The largest absolute Gasteiger partial charge is 0.268 e. The smallest absolute Gasteiger partial charge is 0.266 e. The molecule has 0 aromatic heterocycles. The summed E-state index contributed by atoms with van der Waals surface area (Å²) in [4.78, 5) is 25.8. The number of carbonyl (C=O) groups excluding carboxylic acids is 2. The first kappa shape index (κ1) is 14.7. The lowest BCUT2D eigenvalue weighted by Crippen LogP contribution is -2.30. The molecule has 3 rings (SSSR count). The van der Waals surface area contributed by atoms with Gasteiger partial charge < -0.3 is 0 Å². The Bertz CT molecular complexity index is 743. The summed E-state index contributed by atoms with van der Waals surface area (Å²) >= 11 is 24.1. The third kappa shape index (κ3) is 2.12. The number of amides is 2. The van der Waals surface area contributed by atoms with Crippen molar-refractivity contribution in [3.63, 3.8) is 0 Å². The van der Waals surface area contributed by atoms with E-state index in [1.54, 1.807) is 24.3 Å². The highest BCUT2D eigenvalue weighted by Crippen LogP contribution is 2.45. The Morgan fingerprint density at radius 1 is 0.762 bits per heavy atom. The lowest BCUT2D eigenvalue weighted by Gasteiger charge is -2.18. The molecule has 3 nitrogen and oxygen atoms in total. The number of imide groups is 1. The van der Waals surface area contributed by atoms with Gasteiger partial charge in [0.05, 0.1) is 36.9 Å². The average Bonchev–Trinajstić information content (AvgIpc) is 2.71. The molecule has 0 radical (unpaired) electrons. The van der Waals surface area contributed by atoms with Gasteiger partial charge in [-0.05, 0) is 18.2 Å². The fourth-order valence-electron chi connectivity index (χ4n) is 2.15. The average molecular weight is 361 g/mol. The second-order valence-corrected chi connectivity index (χ2v) is 5.88. The van der Waals surface area contributed by atoms with Crippen molar-refractivity contribution in [2.24, 2.45) is 0 Å². The van der Waals surface area contributed by atoms with E-state index in [4.69, 9.17) is 46.4 Å². The molecule has 0 saturated carbocycles. The highest BCUT2D eigenvalue weighted by Gasteiger charge is 2.39. The van der Waals surface area contributed by atoms with Gasteiger partial charge in [-0.15, -0.1) is 0 Å². The molecule has 0 unspecified atom stereocenters. The monoisotopic (exact) mass is 359 g/mol. The standard InChI is InChI=1S/C14H5Cl4NO2/c15-8-5-9(16)11(18)12(10(8)17)19-13(20)6-3-1-2-4-7(6)14(19)21/h1-5H. The maximum atomic E-state index is 12.4. The van der Waals surface area contributed by atoms with Gasteiger partial charge >= 0.3 is 0 Å². The van der Waals surface area contributed by atoms with Crippen molar-refractivity contribution >= 4 is 63.9 Å². The summed E-state index contributed by atoms with van der Waals surface area (Å²) in [5.74, 6) is -1.03. The van der Waals surface area contributed by atoms with Crippen LogP contribution in [0.25, 0.3) is 0 Å². The highest BCUT2D eigenvalue weighted by molar-refractivity contribution is 6.52. The number of hydrogen-bond acceptors (Lipinski definition) is 2. The molecular weight excluding hydrogens is 356 g/mol. The van der Waals surface area contributed by atoms with E-state index in [9.17, 15) is 9.59 Å². The lowest BCUT2D eigenvalue weighted by atomic mass is 10.1. The van der Waals surface area contributed by atoms with Gasteiger partial charge in [0.25, 0.3) is 11.8 Å². The van der Waals surface area contributed by atoms with Gasteiger partial charge in [0.15, 0.2) is 0 Å². The summed E-state index contributed by atoms with van der Waals surface area (Å²) < 4.78 is 0. The van der Waals surface area contributed by atoms with Gasteiger partial charge in [0.2, 0.25) is 0 Å². The van der Waals surface area contributed by atoms with E-state index in [1.165, 1.54) is 6.07 Å². The second kappa shape index (κ2) is 5.18. The SMILES string of the molecule is O=C1c2ccccc2C(=O)N1c1c(Cl)c(Cl)cc(Cl)c1Cl. The zero-order chi connectivity index (χ0) is 15.3. The van der Waals surface area contributed by atoms with E-state index in [0.29, 0.717) is 0 Å². The summed E-state index contributed by atoms with van der Waals surface area (Å²) in [6, 6.07) is 7.81. The molecular formula is C14H5Cl4NO2. The lowest BCUT2D eigenvalue weighted by molar-refractivity contribution is 0.0926. The van der Waals surface area contributed by atoms with Gasteiger partial charge in [0, 0.05) is 0 Å². The van der Waals surface area contributed by atoms with Gasteiger partial charge in [-0.25, -0.2) is 4.90 Å². The van der Waals surface area contributed by atoms with Crippen molar-refractivity contribution < 1.29 is 9.59 Å². The predicted molar refractivity (Wildman–Crippen MR) is 84.1 cm³/mol. The maximum Gasteiger partial charge on any atom is 0.266 e. The van der Waals surface area contributed by atoms with Crippen LogP contribution in [-0.4, -0.2) is 11.8 Å². The van der Waals surface area contributed by atoms with Crippen molar-refractivity contribution in [3.8, 4) is 0 Å². The zero-order valence-corrected chi connectivity index (χ0v) is 13.2. The maximum absolute atomic E-state index is 12.4. The minimum absolute atomic E-state index is 0.000530. The molecule has 0 atom stereocenters. The normalized spacial score (nSPS) is 13.8. The molecule has 2 aromatic carbocycles. The molecule has 1 aliphatic heterocycles. The van der Waals surface area contributed by atoms with Crippen LogP contribution in [0.3, 0.4) is 0 Å². The molecule has 1 heterocycles. The molecule has 0 spiro atoms. The van der Waals surface area contributed by atoms with Crippen molar-refractivity contribution in [1.29, 1.82) is 0 Å². The molecule has 1 aliphatic rings. The van der Waals surface area contributed by atoms with Crippen LogP contribution >= 0.6 is 46.4 Å². The number of nitrogens with zero attached hydrogens (tertiary/aromatic N) is 1. The van der Waals surface area contributed by atoms with E-state index in [1.807, 2.05) is 0 Å². The quantitative estimate of drug-likeness (QED) is 0.524. The Labute approximate surface area is 140 Å². The number of rotatable bonds is 1. The fourth-order valence-corrected chi connectivity index (χ4v) is 3.12. The Hall–Kier alpha value is -1.26. The predicted octanol–water partition coefficient (Wildman–Crippen LogP) is 5.10. The van der Waals surface area contributed by atoms with Crippen molar-refractivity contribution in [2.45, 2.75) is 0 Å². The van der Waals surface area contributed by atoms with Gasteiger partial charge in [-0.1, -0.05) is 58.5 Å². The van der Waals surface area contributed by atoms with Crippen LogP contribution in [0.15, 0.2) is 30.3 Å². The number of carbonyl (C=O) groups is 2. The molecule has 0 N–H and O–H groups in total. The molecule has 2 aromatic rings. The molecule has 0 bridgehead atoms. The third-order valence-corrected chi connectivity index (χ3v) is 4.66. The van der Waals surface area contributed by atoms with Gasteiger partial charge in [0.1, 0.15) is 0 Å². The molecule has 0 fully saturated rings. The van der Waals surface area contributed by atoms with Crippen LogP contribution in [0.1, 0.15) is 20.7 Å². The molecule has 0 aliphatic carbocycles. The van der Waals surface area contributed by atoms with Crippen LogP contribution in [0.2, 0.25) is 20.1 Å². The van der Waals surface area contributed by atoms with Gasteiger partial charge in [-0.2, -0.15) is 0 Å². The zero-order valence-electron chi connectivity index (χ0n) is 10.2. The first-order valence-electron chi connectivity index (χ1n) is 5.74. The molecule has 0 saturated heterocycles. The number of hydrogen-bond donors (Lipinski definition) is 0. The van der Waals surface area contributed by atoms with Crippen LogP contribution < -0.4 is 4.90 Å². The Morgan fingerprint density at radius 2 is 1.19 bits per heavy atom. The topological polar surface area (TPSA) is 37.4 Å². The number of halogens is 4. The van der Waals surface area contributed by atoms with Crippen molar-refractivity contribution in [3.05, 3.63) is 61.5 Å². The van der Waals surface area contributed by atoms with Crippen molar-refractivity contribution in [1.82, 2.24) is 0 Å². The summed E-state index contributed by atoms with van der Waals surface area (Å²) in [5.41, 5.74) is 0.568. The Kier molecular flexibility index (Phi) is 3.62. The van der Waals surface area contributed by atoms with Crippen LogP contribution in [0.5, 0.6) is 0 Å². The van der Waals surface area contributed by atoms with Crippen molar-refractivity contribution in [2.75, 3.05) is 4.90 Å². The minimum atomic E-state index is -0.516. The first-order chi connectivity index (χ1) is 9.93. The van der Waals surface area contributed by atoms with E-state index in [-0.39, 0.29) is 36.9 Å². The first-order valence-corrected chi connectivity index (χ1v) is 7.25. The van der Waals surface area contributed by atoms with E-state index in [2.05, 4.69) is 0 Å². The third-order valence-electron chi connectivity index (χ3n) is 3.11. The van der Waals surface area contributed by atoms with Crippen LogP contribution in [0, 0.1) is 0 Å². The summed E-state index contributed by atoms with van der Waals surface area (Å²) in [7, 11) is 0. The van der Waals surface area contributed by atoms with Gasteiger partial charge in [-0.3, -0.25) is 9.59 Å². The minimum Gasteiger partial charge on any atom is -0.268 e. The van der Waals surface area contributed by atoms with E-state index in [0.717, 1.165) is 4.90 Å². The fraction of sp³-hybridized carbons (Fsp3) is 0. The molecule has 2 amide bonds. The van der Waals surface area contributed by atoms with E-state index >= 15 is 0 Å². The number of anilines is 1. The van der Waals surface area contributed by atoms with Crippen LogP contribution in [0.4, 0.5) is 5.69 Å². The summed E-state index contributed by atoms with van der Waals surface area (Å²) in [5, 5.41) is 0.219. The molecule has 7 heteroatoms. The van der Waals surface area contributed by atoms with E-state index < -0.39 is 11.8 Å². The number of benzene rings is 2. The van der Waals surface area contributed by atoms with Crippen LogP contribution in [-0.2, 0) is 0 Å². The molecule has 106 valence electrons. The second-order valence-electron chi connectivity index (χ2n) is 4.31. The highest BCUT2D eigenvalue weighted by atomic mass is 35.5. The molecule has 21 heavy (non-hydrogen) atoms. The Balaban J connectivity index is 2.25. The summed E-state index contributed by atoms with van der Waals surface area (Å²) in [6.07, 6.45) is 0.